The van der Waals surface area contributed by atoms with E-state index in [4.69, 9.17) is 0 Å². The van der Waals surface area contributed by atoms with Crippen molar-refractivity contribution in [3.8, 4) is 5.75 Å². The molecular weight excluding hydrogens is 277 g/mol. The number of carbonyl (C=O) groups excluding carboxylic acids is 1. The van der Waals surface area contributed by atoms with Crippen LogP contribution in [0.3, 0.4) is 0 Å². The number of rotatable bonds is 3. The highest BCUT2D eigenvalue weighted by atomic mass is 19.4. The van der Waals surface area contributed by atoms with Crippen LogP contribution in [-0.2, 0) is 4.74 Å². The lowest BCUT2D eigenvalue weighted by molar-refractivity contribution is -0.389. The Morgan fingerprint density at radius 3 is 2.47 bits per heavy atom. The van der Waals surface area contributed by atoms with Crippen molar-refractivity contribution in [2.24, 2.45) is 0 Å². The van der Waals surface area contributed by atoms with Crippen molar-refractivity contribution >= 4 is 11.7 Å². The van der Waals surface area contributed by atoms with Crippen LogP contribution in [0.5, 0.6) is 5.75 Å². The van der Waals surface area contributed by atoms with Crippen LogP contribution in [0.2, 0.25) is 0 Å². The molecule has 0 atom stereocenters. The quantitative estimate of drug-likeness (QED) is 0.502. The zero-order valence-corrected chi connectivity index (χ0v) is 9.11. The summed E-state index contributed by atoms with van der Waals surface area (Å²) < 4.78 is 43.6. The van der Waals surface area contributed by atoms with E-state index in [0.29, 0.717) is 0 Å². The van der Waals surface area contributed by atoms with Gasteiger partial charge < -0.3 is 14.5 Å². The molecule has 0 aliphatic rings. The number of pyridine rings is 1. The summed E-state index contributed by atoms with van der Waals surface area (Å²) in [7, 11) is 0.835. The Hall–Kier alpha value is -2.59. The topological polar surface area (TPSA) is 112 Å². The van der Waals surface area contributed by atoms with Crippen LogP contribution in [0.15, 0.2) is 10.9 Å². The molecule has 0 radical (unpaired) electrons. The van der Waals surface area contributed by atoms with E-state index in [1.807, 2.05) is 0 Å². The Kier molecular flexibility index (Phi) is 3.77. The van der Waals surface area contributed by atoms with Gasteiger partial charge in [0.25, 0.3) is 5.56 Å². The second-order valence-corrected chi connectivity index (χ2v) is 3.02. The number of esters is 1. The lowest BCUT2D eigenvalue weighted by atomic mass is 10.2. The number of ether oxygens (including phenoxy) is 2. The number of nitro groups is 1. The van der Waals surface area contributed by atoms with E-state index in [-0.39, 0.29) is 6.07 Å². The molecule has 0 amide bonds. The number of methoxy groups -OCH3 is 1. The summed E-state index contributed by atoms with van der Waals surface area (Å²) in [6, 6.07) is 0.206. The molecule has 0 saturated heterocycles. The molecule has 0 aromatic carbocycles. The van der Waals surface area contributed by atoms with Gasteiger partial charge in [0.05, 0.1) is 18.1 Å². The Labute approximate surface area is 101 Å². The lowest BCUT2D eigenvalue weighted by Gasteiger charge is -2.10. The number of alkyl halides is 3. The fraction of sp³-hybridized carbons (Fsp3) is 0.250. The third kappa shape index (κ3) is 3.43. The number of H-pyrrole nitrogens is 1. The van der Waals surface area contributed by atoms with Crippen LogP contribution in [-0.4, -0.2) is 29.3 Å². The van der Waals surface area contributed by atoms with E-state index in [0.717, 1.165) is 7.11 Å². The summed E-state index contributed by atoms with van der Waals surface area (Å²) in [5.74, 6) is -2.78. The first-order valence-corrected chi connectivity index (χ1v) is 4.41. The van der Waals surface area contributed by atoms with Gasteiger partial charge in [-0.15, -0.1) is 13.2 Å². The zero-order chi connectivity index (χ0) is 14.8. The van der Waals surface area contributed by atoms with Crippen molar-refractivity contribution < 1.29 is 32.4 Å². The fourth-order valence-electron chi connectivity index (χ4n) is 1.16. The molecule has 104 valence electrons. The number of aromatic amines is 1. The SMILES string of the molecule is COC(=O)c1[nH]c(=O)cc(OC(F)(F)F)c1[N+](=O)[O-]. The molecule has 0 unspecified atom stereocenters. The van der Waals surface area contributed by atoms with Gasteiger partial charge in [-0.2, -0.15) is 0 Å². The van der Waals surface area contributed by atoms with Gasteiger partial charge in [0.15, 0.2) is 0 Å². The molecule has 8 nitrogen and oxygen atoms in total. The molecule has 1 rings (SSSR count). The standard InChI is InChI=1S/C8H5F3N2O6/c1-18-7(15)5-6(13(16)17)3(2-4(14)12-5)19-8(9,10)11/h2H,1H3,(H,12,14). The molecule has 1 aromatic heterocycles. The largest absolute Gasteiger partial charge is 0.573 e. The van der Waals surface area contributed by atoms with Gasteiger partial charge in [-0.05, 0) is 0 Å². The molecule has 1 heterocycles. The number of hydrogen-bond donors (Lipinski definition) is 1. The van der Waals surface area contributed by atoms with E-state index in [1.54, 1.807) is 4.98 Å². The van der Waals surface area contributed by atoms with Crippen LogP contribution < -0.4 is 10.3 Å². The van der Waals surface area contributed by atoms with Crippen LogP contribution in [0.1, 0.15) is 10.5 Å². The Balaban J connectivity index is 3.54. The van der Waals surface area contributed by atoms with Gasteiger partial charge in [0.2, 0.25) is 11.4 Å². The summed E-state index contributed by atoms with van der Waals surface area (Å²) in [6.45, 7) is 0. The molecule has 1 aromatic rings. The first kappa shape index (κ1) is 14.5. The maximum Gasteiger partial charge on any atom is 0.573 e. The van der Waals surface area contributed by atoms with Crippen LogP contribution in [0.25, 0.3) is 0 Å². The van der Waals surface area contributed by atoms with Gasteiger partial charge in [-0.3, -0.25) is 14.9 Å². The zero-order valence-electron chi connectivity index (χ0n) is 9.11. The number of aromatic nitrogens is 1. The highest BCUT2D eigenvalue weighted by Gasteiger charge is 2.37. The highest BCUT2D eigenvalue weighted by Crippen LogP contribution is 2.32. The predicted molar refractivity (Wildman–Crippen MR) is 51.7 cm³/mol. The number of nitrogens with one attached hydrogen (secondary N) is 1. The van der Waals surface area contributed by atoms with Crippen molar-refractivity contribution in [1.29, 1.82) is 0 Å². The maximum absolute atomic E-state index is 12.1. The van der Waals surface area contributed by atoms with Crippen molar-refractivity contribution in [3.63, 3.8) is 0 Å². The summed E-state index contributed by atoms with van der Waals surface area (Å²) in [5, 5.41) is 10.7. The number of halogens is 3. The van der Waals surface area contributed by atoms with Crippen LogP contribution in [0, 0.1) is 10.1 Å². The minimum Gasteiger partial charge on any atom is -0.464 e. The Morgan fingerprint density at radius 1 is 1.47 bits per heavy atom. The van der Waals surface area contributed by atoms with Crippen LogP contribution >= 0.6 is 0 Å². The third-order valence-electron chi connectivity index (χ3n) is 1.78. The minimum absolute atomic E-state index is 0.206. The van der Waals surface area contributed by atoms with Gasteiger partial charge in [-0.25, -0.2) is 4.79 Å². The first-order chi connectivity index (χ1) is 8.65. The Bertz CT molecular complexity index is 579. The maximum atomic E-state index is 12.1. The second-order valence-electron chi connectivity index (χ2n) is 3.02. The lowest BCUT2D eigenvalue weighted by Crippen LogP contribution is -2.22. The molecule has 0 fully saturated rings. The summed E-state index contributed by atoms with van der Waals surface area (Å²) in [5.41, 5.74) is -3.58. The third-order valence-corrected chi connectivity index (χ3v) is 1.78. The second kappa shape index (κ2) is 4.96. The van der Waals surface area contributed by atoms with Gasteiger partial charge in [-0.1, -0.05) is 0 Å². The Morgan fingerprint density at radius 2 is 2.05 bits per heavy atom. The van der Waals surface area contributed by atoms with Crippen molar-refractivity contribution in [2.75, 3.05) is 7.11 Å². The van der Waals surface area contributed by atoms with Gasteiger partial charge >= 0.3 is 18.0 Å². The molecule has 0 saturated carbocycles. The van der Waals surface area contributed by atoms with E-state index < -0.39 is 39.9 Å². The number of carbonyl (C=O) groups is 1. The molecule has 0 aliphatic heterocycles. The normalized spacial score (nSPS) is 10.9. The van der Waals surface area contributed by atoms with Crippen LogP contribution in [0.4, 0.5) is 18.9 Å². The van der Waals surface area contributed by atoms with E-state index in [1.165, 1.54) is 0 Å². The summed E-state index contributed by atoms with van der Waals surface area (Å²) >= 11 is 0. The van der Waals surface area contributed by atoms with Crippen molar-refractivity contribution in [3.05, 3.63) is 32.2 Å². The van der Waals surface area contributed by atoms with E-state index in [2.05, 4.69) is 9.47 Å². The highest BCUT2D eigenvalue weighted by molar-refractivity contribution is 5.92. The smallest absolute Gasteiger partial charge is 0.464 e. The van der Waals surface area contributed by atoms with Gasteiger partial charge in [0, 0.05) is 0 Å². The molecule has 0 bridgehead atoms. The average Bonchev–Trinajstić information content (AvgIpc) is 2.24. The summed E-state index contributed by atoms with van der Waals surface area (Å²) in [4.78, 5) is 33.3. The predicted octanol–water partition coefficient (Wildman–Crippen LogP) is 0.968. The van der Waals surface area contributed by atoms with Crippen molar-refractivity contribution in [1.82, 2.24) is 4.98 Å². The first-order valence-electron chi connectivity index (χ1n) is 4.41. The molecule has 0 spiro atoms. The van der Waals surface area contributed by atoms with Crippen molar-refractivity contribution in [2.45, 2.75) is 6.36 Å². The molecule has 1 N–H and O–H groups in total. The molecule has 11 heteroatoms. The molecule has 19 heavy (non-hydrogen) atoms. The monoisotopic (exact) mass is 282 g/mol. The van der Waals surface area contributed by atoms with Gasteiger partial charge in [0.1, 0.15) is 0 Å². The fourth-order valence-corrected chi connectivity index (χ4v) is 1.16. The average molecular weight is 282 g/mol. The van der Waals surface area contributed by atoms with E-state index in [9.17, 15) is 32.9 Å². The minimum atomic E-state index is -5.26. The molecular formula is C8H5F3N2O6. The van der Waals surface area contributed by atoms with E-state index >= 15 is 0 Å². The molecule has 0 aliphatic carbocycles. The number of hydrogen-bond acceptors (Lipinski definition) is 6. The summed E-state index contributed by atoms with van der Waals surface area (Å²) in [6.07, 6.45) is -5.26. The number of nitrogens with zero attached hydrogens (tertiary/aromatic N) is 1.